The third-order valence-corrected chi connectivity index (χ3v) is 4.33. The van der Waals surface area contributed by atoms with Gasteiger partial charge in [-0.15, -0.1) is 0 Å². The van der Waals surface area contributed by atoms with Gasteiger partial charge in [-0.3, -0.25) is 4.79 Å². The van der Waals surface area contributed by atoms with Gasteiger partial charge in [-0.2, -0.15) is 0 Å². The molecule has 24 heavy (non-hydrogen) atoms. The minimum absolute atomic E-state index is 0.0109. The van der Waals surface area contributed by atoms with Gasteiger partial charge in [0.15, 0.2) is 0 Å². The first-order valence-electron chi connectivity index (χ1n) is 8.99. The van der Waals surface area contributed by atoms with Gasteiger partial charge in [0.25, 0.3) is 0 Å². The van der Waals surface area contributed by atoms with Crippen molar-refractivity contribution in [1.29, 1.82) is 0 Å². The van der Waals surface area contributed by atoms with Gasteiger partial charge >= 0.3 is 6.09 Å². The molecule has 1 fully saturated rings. The van der Waals surface area contributed by atoms with Crippen molar-refractivity contribution in [2.45, 2.75) is 85.0 Å². The lowest BCUT2D eigenvalue weighted by Gasteiger charge is -2.41. The number of amides is 2. The second-order valence-corrected chi connectivity index (χ2v) is 8.31. The molecule has 0 spiro atoms. The highest BCUT2D eigenvalue weighted by Gasteiger charge is 2.34. The lowest BCUT2D eigenvalue weighted by molar-refractivity contribution is -0.135. The van der Waals surface area contributed by atoms with E-state index in [1.165, 1.54) is 0 Å². The van der Waals surface area contributed by atoms with Gasteiger partial charge in [-0.25, -0.2) is 4.79 Å². The molecule has 1 heterocycles. The standard InChI is InChI=1S/C18H35N3O3/c1-12(2)15(19)16(22)20-10-8-14(9-11-20)21(13(3)4)17(23)24-18(5,6)7/h12-15H,8-11,19H2,1-7H3/t15-/m0/s1. The maximum atomic E-state index is 12.5. The molecule has 0 bridgehead atoms. The molecule has 2 amide bonds. The summed E-state index contributed by atoms with van der Waals surface area (Å²) >= 11 is 0. The monoisotopic (exact) mass is 341 g/mol. The van der Waals surface area contributed by atoms with E-state index < -0.39 is 11.6 Å². The van der Waals surface area contributed by atoms with E-state index in [0.717, 1.165) is 12.8 Å². The van der Waals surface area contributed by atoms with E-state index in [-0.39, 0.29) is 30.0 Å². The number of ether oxygens (including phenoxy) is 1. The second kappa shape index (κ2) is 8.19. The average molecular weight is 341 g/mol. The van der Waals surface area contributed by atoms with Crippen LogP contribution in [0.15, 0.2) is 0 Å². The molecule has 1 aliphatic rings. The fourth-order valence-electron chi connectivity index (χ4n) is 2.96. The van der Waals surface area contributed by atoms with Crippen LogP contribution in [-0.2, 0) is 9.53 Å². The summed E-state index contributed by atoms with van der Waals surface area (Å²) in [6.45, 7) is 14.8. The molecule has 0 unspecified atom stereocenters. The largest absolute Gasteiger partial charge is 0.444 e. The number of piperidine rings is 1. The van der Waals surface area contributed by atoms with Gasteiger partial charge in [0.1, 0.15) is 5.60 Å². The zero-order chi connectivity index (χ0) is 18.7. The van der Waals surface area contributed by atoms with Crippen molar-refractivity contribution in [2.24, 2.45) is 11.7 Å². The number of carbonyl (C=O) groups excluding carboxylic acids is 2. The molecule has 140 valence electrons. The van der Waals surface area contributed by atoms with Gasteiger partial charge < -0.3 is 20.3 Å². The zero-order valence-corrected chi connectivity index (χ0v) is 16.3. The van der Waals surface area contributed by atoms with Gasteiger partial charge in [0, 0.05) is 25.2 Å². The van der Waals surface area contributed by atoms with E-state index in [1.807, 2.05) is 58.3 Å². The zero-order valence-electron chi connectivity index (χ0n) is 16.3. The molecule has 1 atom stereocenters. The molecule has 1 aliphatic heterocycles. The molecule has 0 aliphatic carbocycles. The number of hydrogen-bond acceptors (Lipinski definition) is 4. The van der Waals surface area contributed by atoms with Crippen molar-refractivity contribution in [3.63, 3.8) is 0 Å². The molecule has 0 aromatic rings. The Balaban J connectivity index is 2.69. The number of nitrogens with two attached hydrogens (primary N) is 1. The fraction of sp³-hybridized carbons (Fsp3) is 0.889. The SMILES string of the molecule is CC(C)[C@H](N)C(=O)N1CCC(N(C(=O)OC(C)(C)C)C(C)C)CC1. The highest BCUT2D eigenvalue weighted by atomic mass is 16.6. The minimum Gasteiger partial charge on any atom is -0.444 e. The highest BCUT2D eigenvalue weighted by molar-refractivity contribution is 5.82. The van der Waals surface area contributed by atoms with Crippen molar-refractivity contribution in [3.05, 3.63) is 0 Å². The fourth-order valence-corrected chi connectivity index (χ4v) is 2.96. The molecule has 0 saturated carbocycles. The Morgan fingerprint density at radius 3 is 2.00 bits per heavy atom. The van der Waals surface area contributed by atoms with E-state index in [1.54, 1.807) is 0 Å². The summed E-state index contributed by atoms with van der Waals surface area (Å²) in [7, 11) is 0. The Labute approximate surface area is 146 Å². The first-order valence-corrected chi connectivity index (χ1v) is 8.99. The Morgan fingerprint density at radius 1 is 1.12 bits per heavy atom. The van der Waals surface area contributed by atoms with Crippen molar-refractivity contribution in [1.82, 2.24) is 9.80 Å². The van der Waals surface area contributed by atoms with Crippen LogP contribution >= 0.6 is 0 Å². The summed E-state index contributed by atoms with van der Waals surface area (Å²) in [6, 6.07) is -0.294. The molecule has 1 rings (SSSR count). The van der Waals surface area contributed by atoms with Crippen molar-refractivity contribution >= 4 is 12.0 Å². The third kappa shape index (κ3) is 5.65. The number of nitrogens with zero attached hydrogens (tertiary/aromatic N) is 2. The van der Waals surface area contributed by atoms with Crippen LogP contribution in [0.2, 0.25) is 0 Å². The van der Waals surface area contributed by atoms with Crippen LogP contribution in [0, 0.1) is 5.92 Å². The minimum atomic E-state index is -0.509. The third-order valence-electron chi connectivity index (χ3n) is 4.33. The van der Waals surface area contributed by atoms with Gasteiger partial charge in [0.2, 0.25) is 5.91 Å². The van der Waals surface area contributed by atoms with Gasteiger partial charge in [-0.05, 0) is 53.4 Å². The predicted octanol–water partition coefficient (Wildman–Crippen LogP) is 2.61. The average Bonchev–Trinajstić information content (AvgIpc) is 2.44. The van der Waals surface area contributed by atoms with E-state index in [2.05, 4.69) is 0 Å². The van der Waals surface area contributed by atoms with Gasteiger partial charge in [-0.1, -0.05) is 13.8 Å². The highest BCUT2D eigenvalue weighted by Crippen LogP contribution is 2.22. The summed E-state index contributed by atoms with van der Waals surface area (Å²) in [6.07, 6.45) is 1.24. The van der Waals surface area contributed by atoms with Crippen LogP contribution in [0.25, 0.3) is 0 Å². The normalized spacial score (nSPS) is 18.0. The van der Waals surface area contributed by atoms with Crippen LogP contribution in [0.3, 0.4) is 0 Å². The topological polar surface area (TPSA) is 75.9 Å². The van der Waals surface area contributed by atoms with Crippen molar-refractivity contribution < 1.29 is 14.3 Å². The summed E-state index contributed by atoms with van der Waals surface area (Å²) in [5.74, 6) is 0.140. The molecule has 0 aromatic carbocycles. The van der Waals surface area contributed by atoms with E-state index in [0.29, 0.717) is 13.1 Å². The molecular weight excluding hydrogens is 306 g/mol. The molecule has 2 N–H and O–H groups in total. The Kier molecular flexibility index (Phi) is 7.08. The van der Waals surface area contributed by atoms with E-state index in [9.17, 15) is 9.59 Å². The predicted molar refractivity (Wildman–Crippen MR) is 95.6 cm³/mol. The first kappa shape index (κ1) is 20.7. The number of likely N-dealkylation sites (tertiary alicyclic amines) is 1. The second-order valence-electron chi connectivity index (χ2n) is 8.31. The van der Waals surface area contributed by atoms with Gasteiger partial charge in [0.05, 0.1) is 6.04 Å². The van der Waals surface area contributed by atoms with Crippen LogP contribution in [0.1, 0.15) is 61.3 Å². The molecule has 6 heteroatoms. The summed E-state index contributed by atoms with van der Waals surface area (Å²) in [4.78, 5) is 28.5. The molecule has 0 radical (unpaired) electrons. The first-order chi connectivity index (χ1) is 10.9. The molecule has 1 saturated heterocycles. The van der Waals surface area contributed by atoms with E-state index in [4.69, 9.17) is 10.5 Å². The lowest BCUT2D eigenvalue weighted by atomic mass is 9.99. The number of hydrogen-bond donors (Lipinski definition) is 1. The molecule has 6 nitrogen and oxygen atoms in total. The van der Waals surface area contributed by atoms with Crippen LogP contribution in [0.4, 0.5) is 4.79 Å². The van der Waals surface area contributed by atoms with Crippen LogP contribution in [-0.4, -0.2) is 58.6 Å². The number of rotatable bonds is 4. The van der Waals surface area contributed by atoms with Crippen LogP contribution in [0.5, 0.6) is 0 Å². The smallest absolute Gasteiger partial charge is 0.410 e. The summed E-state index contributed by atoms with van der Waals surface area (Å²) in [5, 5.41) is 0. The van der Waals surface area contributed by atoms with Crippen molar-refractivity contribution in [3.8, 4) is 0 Å². The van der Waals surface area contributed by atoms with Crippen LogP contribution < -0.4 is 5.73 Å². The summed E-state index contributed by atoms with van der Waals surface area (Å²) in [5.41, 5.74) is 5.47. The van der Waals surface area contributed by atoms with E-state index >= 15 is 0 Å². The quantitative estimate of drug-likeness (QED) is 0.853. The molecular formula is C18H35N3O3. The lowest BCUT2D eigenvalue weighted by Crippen LogP contribution is -2.55. The number of carbonyl (C=O) groups is 2. The van der Waals surface area contributed by atoms with Crippen molar-refractivity contribution in [2.75, 3.05) is 13.1 Å². The maximum Gasteiger partial charge on any atom is 0.410 e. The Morgan fingerprint density at radius 2 is 1.62 bits per heavy atom. The Bertz CT molecular complexity index is 435. The summed E-state index contributed by atoms with van der Waals surface area (Å²) < 4.78 is 5.54. The Hall–Kier alpha value is -1.30. The molecule has 0 aromatic heterocycles. The maximum absolute atomic E-state index is 12.5.